The van der Waals surface area contributed by atoms with Crippen molar-refractivity contribution in [3.05, 3.63) is 11.6 Å². The molecule has 0 aliphatic heterocycles. The van der Waals surface area contributed by atoms with Crippen LogP contribution in [0.5, 0.6) is 0 Å². The first kappa shape index (κ1) is 11.0. The maximum Gasteiger partial charge on any atom is 0.332 e. The molecule has 0 saturated carbocycles. The highest BCUT2D eigenvalue weighted by atomic mass is 31.2. The summed E-state index contributed by atoms with van der Waals surface area (Å²) in [5, 5.41) is 0. The molecule has 0 amide bonds. The Balaban J connectivity index is 2.92. The van der Waals surface area contributed by atoms with E-state index in [0.717, 1.165) is 12.0 Å². The van der Waals surface area contributed by atoms with Crippen molar-refractivity contribution >= 4 is 7.60 Å². The van der Waals surface area contributed by atoms with Crippen LogP contribution in [0.1, 0.15) is 33.6 Å². The molecule has 2 N–H and O–H groups in total. The normalized spacial score (nSPS) is 28.4. The van der Waals surface area contributed by atoms with Crippen LogP contribution in [0, 0.1) is 5.41 Å². The van der Waals surface area contributed by atoms with Crippen molar-refractivity contribution in [2.24, 2.45) is 5.41 Å². The molecule has 0 radical (unpaired) electrons. The molecule has 0 aromatic heterocycles. The quantitative estimate of drug-likeness (QED) is 0.509. The molecule has 0 saturated heterocycles. The second-order valence-corrected chi connectivity index (χ2v) is 6.56. The highest BCUT2D eigenvalue weighted by Crippen LogP contribution is 2.51. The molecule has 4 heteroatoms. The highest BCUT2D eigenvalue weighted by molar-refractivity contribution is 7.52. The molecule has 13 heavy (non-hydrogen) atoms. The van der Waals surface area contributed by atoms with Gasteiger partial charge in [0.05, 0.1) is 5.66 Å². The van der Waals surface area contributed by atoms with Gasteiger partial charge in [0, 0.05) is 0 Å². The van der Waals surface area contributed by atoms with E-state index in [1.54, 1.807) is 6.08 Å². The number of hydrogen-bond acceptors (Lipinski definition) is 1. The smallest absolute Gasteiger partial charge is 0.324 e. The Labute approximate surface area is 79.0 Å². The lowest BCUT2D eigenvalue weighted by molar-refractivity contribution is 0.292. The van der Waals surface area contributed by atoms with E-state index in [0.29, 0.717) is 6.42 Å². The van der Waals surface area contributed by atoms with Crippen LogP contribution in [0.25, 0.3) is 0 Å². The average molecular weight is 204 g/mol. The molecule has 1 rings (SSSR count). The van der Waals surface area contributed by atoms with Gasteiger partial charge in [-0.2, -0.15) is 0 Å². The zero-order chi connectivity index (χ0) is 10.3. The van der Waals surface area contributed by atoms with E-state index >= 15 is 0 Å². The minimum atomic E-state index is -3.93. The molecule has 0 fully saturated rings. The Morgan fingerprint density at radius 3 is 2.46 bits per heavy atom. The lowest BCUT2D eigenvalue weighted by Gasteiger charge is -2.33. The van der Waals surface area contributed by atoms with Gasteiger partial charge in [0.2, 0.25) is 0 Å². The van der Waals surface area contributed by atoms with Gasteiger partial charge in [-0.1, -0.05) is 25.5 Å². The lowest BCUT2D eigenvalue weighted by atomic mass is 9.77. The lowest BCUT2D eigenvalue weighted by Crippen LogP contribution is -2.24. The molecular weight excluding hydrogens is 187 g/mol. The van der Waals surface area contributed by atoms with E-state index in [1.807, 2.05) is 20.8 Å². The van der Waals surface area contributed by atoms with Crippen LogP contribution in [0.15, 0.2) is 11.6 Å². The predicted molar refractivity (Wildman–Crippen MR) is 52.6 cm³/mol. The van der Waals surface area contributed by atoms with Crippen molar-refractivity contribution in [3.63, 3.8) is 0 Å². The van der Waals surface area contributed by atoms with Crippen LogP contribution < -0.4 is 0 Å². The molecule has 1 atom stereocenters. The van der Waals surface area contributed by atoms with Crippen LogP contribution in [0.3, 0.4) is 0 Å². The summed E-state index contributed by atoms with van der Waals surface area (Å²) in [7, 11) is -3.93. The second kappa shape index (κ2) is 3.23. The summed E-state index contributed by atoms with van der Waals surface area (Å²) < 4.78 is 11.1. The third kappa shape index (κ3) is 2.94. The summed E-state index contributed by atoms with van der Waals surface area (Å²) in [5.41, 5.74) is 0.533. The van der Waals surface area contributed by atoms with Crippen LogP contribution in [0.4, 0.5) is 0 Å². The first-order valence-corrected chi connectivity index (χ1v) is 6.11. The first-order valence-electron chi connectivity index (χ1n) is 4.43. The summed E-state index contributed by atoms with van der Waals surface area (Å²) in [6.45, 7) is 6.03. The molecule has 1 unspecified atom stereocenters. The van der Waals surface area contributed by atoms with E-state index in [9.17, 15) is 4.57 Å². The fourth-order valence-corrected chi connectivity index (χ4v) is 3.24. The Morgan fingerprint density at radius 2 is 2.08 bits per heavy atom. The summed E-state index contributed by atoms with van der Waals surface area (Å²) in [6, 6.07) is 0. The molecule has 1 aliphatic carbocycles. The summed E-state index contributed by atoms with van der Waals surface area (Å²) in [6.07, 6.45) is 3.24. The maximum absolute atomic E-state index is 11.1. The fraction of sp³-hybridized carbons (Fsp3) is 0.778. The molecule has 1 aliphatic rings. The third-order valence-corrected chi connectivity index (χ3v) is 3.62. The van der Waals surface area contributed by atoms with Crippen molar-refractivity contribution < 1.29 is 14.4 Å². The third-order valence-electron chi connectivity index (χ3n) is 2.43. The molecule has 3 nitrogen and oxygen atoms in total. The van der Waals surface area contributed by atoms with Crippen LogP contribution >= 0.6 is 7.60 Å². The molecule has 0 aromatic rings. The van der Waals surface area contributed by atoms with Crippen molar-refractivity contribution in [2.75, 3.05) is 0 Å². The van der Waals surface area contributed by atoms with Gasteiger partial charge < -0.3 is 9.79 Å². The van der Waals surface area contributed by atoms with Gasteiger partial charge in [-0.15, -0.1) is 0 Å². The van der Waals surface area contributed by atoms with Crippen LogP contribution in [-0.2, 0) is 4.57 Å². The zero-order valence-electron chi connectivity index (χ0n) is 8.32. The Morgan fingerprint density at radius 1 is 1.54 bits per heavy atom. The van der Waals surface area contributed by atoms with Gasteiger partial charge >= 0.3 is 7.60 Å². The SMILES string of the molecule is CC1=CC(P(=O)(O)O)CC(C)(C)C1. The fourth-order valence-electron chi connectivity index (χ4n) is 2.06. The van der Waals surface area contributed by atoms with Gasteiger partial charge in [-0.05, 0) is 25.2 Å². The molecular formula is C9H17O3P. The Hall–Kier alpha value is -0.110. The number of hydrogen-bond donors (Lipinski definition) is 2. The minimum absolute atomic E-state index is 0.0185. The topological polar surface area (TPSA) is 57.5 Å². The van der Waals surface area contributed by atoms with Crippen LogP contribution in [0.2, 0.25) is 0 Å². The van der Waals surface area contributed by atoms with E-state index in [4.69, 9.17) is 9.79 Å². The maximum atomic E-state index is 11.1. The molecule has 0 aromatic carbocycles. The van der Waals surface area contributed by atoms with E-state index < -0.39 is 13.3 Å². The van der Waals surface area contributed by atoms with E-state index in [1.165, 1.54) is 0 Å². The molecule has 0 spiro atoms. The second-order valence-electron chi connectivity index (χ2n) is 4.71. The van der Waals surface area contributed by atoms with Crippen molar-refractivity contribution in [1.82, 2.24) is 0 Å². The Bertz CT molecular complexity index is 275. The van der Waals surface area contributed by atoms with Gasteiger partial charge in [0.15, 0.2) is 0 Å². The van der Waals surface area contributed by atoms with E-state index in [2.05, 4.69) is 0 Å². The van der Waals surface area contributed by atoms with Crippen molar-refractivity contribution in [2.45, 2.75) is 39.3 Å². The standard InChI is InChI=1S/C9H17O3P/c1-7-4-8(13(10,11)12)6-9(2,3)5-7/h4,8H,5-6H2,1-3H3,(H2,10,11,12). The van der Waals surface area contributed by atoms with Crippen molar-refractivity contribution in [1.29, 1.82) is 0 Å². The number of allylic oxidation sites excluding steroid dienone is 2. The average Bonchev–Trinajstić information content (AvgIpc) is 1.79. The first-order chi connectivity index (χ1) is 5.71. The summed E-state index contributed by atoms with van der Waals surface area (Å²) >= 11 is 0. The van der Waals surface area contributed by atoms with E-state index in [-0.39, 0.29) is 5.41 Å². The molecule has 76 valence electrons. The largest absolute Gasteiger partial charge is 0.332 e. The van der Waals surface area contributed by atoms with Gasteiger partial charge in [-0.25, -0.2) is 0 Å². The van der Waals surface area contributed by atoms with Gasteiger partial charge in [0.25, 0.3) is 0 Å². The zero-order valence-corrected chi connectivity index (χ0v) is 9.21. The molecule has 0 heterocycles. The Kier molecular flexibility index (Phi) is 2.73. The highest BCUT2D eigenvalue weighted by Gasteiger charge is 2.36. The van der Waals surface area contributed by atoms with Gasteiger partial charge in [-0.3, -0.25) is 4.57 Å². The van der Waals surface area contributed by atoms with Gasteiger partial charge in [0.1, 0.15) is 0 Å². The summed E-state index contributed by atoms with van der Waals surface area (Å²) in [5.74, 6) is 0. The molecule has 0 bridgehead atoms. The summed E-state index contributed by atoms with van der Waals surface area (Å²) in [4.78, 5) is 18.1. The predicted octanol–water partition coefficient (Wildman–Crippen LogP) is 2.30. The van der Waals surface area contributed by atoms with Crippen molar-refractivity contribution in [3.8, 4) is 0 Å². The minimum Gasteiger partial charge on any atom is -0.324 e. The number of rotatable bonds is 1. The monoisotopic (exact) mass is 204 g/mol. The van der Waals surface area contributed by atoms with Crippen LogP contribution in [-0.4, -0.2) is 15.4 Å².